The Hall–Kier alpha value is -1.95. The second kappa shape index (κ2) is 4.28. The lowest BCUT2D eigenvalue weighted by Gasteiger charge is -2.04. The van der Waals surface area contributed by atoms with Crippen LogP contribution in [0.3, 0.4) is 0 Å². The standard InChI is InChI=1S/C10H10N4OS/c1-15-7-4-2-3-6(5-7)8-12-9(11)14-10(16)13-8/h2-5H,1H3,(H3,11,12,13,14,16). The zero-order chi connectivity index (χ0) is 11.5. The second-order valence-corrected chi connectivity index (χ2v) is 3.46. The number of ether oxygens (including phenoxy) is 1. The molecular weight excluding hydrogens is 224 g/mol. The molecule has 2 rings (SSSR count). The van der Waals surface area contributed by atoms with Gasteiger partial charge in [0, 0.05) is 5.56 Å². The van der Waals surface area contributed by atoms with Crippen LogP contribution in [0.4, 0.5) is 5.95 Å². The Labute approximate surface area is 97.3 Å². The molecule has 0 aliphatic heterocycles. The first kappa shape index (κ1) is 10.6. The number of nitrogens with two attached hydrogens (primary N) is 1. The molecule has 1 aromatic heterocycles. The number of aromatic nitrogens is 3. The molecule has 82 valence electrons. The molecule has 0 aliphatic rings. The van der Waals surface area contributed by atoms with E-state index in [9.17, 15) is 0 Å². The quantitative estimate of drug-likeness (QED) is 0.775. The summed E-state index contributed by atoms with van der Waals surface area (Å²) in [7, 11) is 1.61. The summed E-state index contributed by atoms with van der Waals surface area (Å²) < 4.78 is 5.34. The highest BCUT2D eigenvalue weighted by Crippen LogP contribution is 2.20. The third kappa shape index (κ3) is 2.17. The molecule has 0 amide bonds. The highest BCUT2D eigenvalue weighted by molar-refractivity contribution is 7.71. The number of nitrogens with one attached hydrogen (secondary N) is 1. The molecule has 3 N–H and O–H groups in total. The van der Waals surface area contributed by atoms with E-state index < -0.39 is 0 Å². The molecule has 0 unspecified atom stereocenters. The van der Waals surface area contributed by atoms with Crippen molar-refractivity contribution in [1.29, 1.82) is 0 Å². The van der Waals surface area contributed by atoms with Crippen molar-refractivity contribution in [2.45, 2.75) is 0 Å². The van der Waals surface area contributed by atoms with E-state index in [1.165, 1.54) is 0 Å². The largest absolute Gasteiger partial charge is 0.497 e. The summed E-state index contributed by atoms with van der Waals surface area (Å²) in [4.78, 5) is 10.7. The summed E-state index contributed by atoms with van der Waals surface area (Å²) in [5, 5.41) is 0. The van der Waals surface area contributed by atoms with Crippen LogP contribution in [0.2, 0.25) is 0 Å². The number of benzene rings is 1. The Bertz CT molecular complexity index is 567. The number of anilines is 1. The summed E-state index contributed by atoms with van der Waals surface area (Å²) in [5.41, 5.74) is 6.41. The van der Waals surface area contributed by atoms with Gasteiger partial charge in [0.1, 0.15) is 11.6 Å². The van der Waals surface area contributed by atoms with E-state index in [0.29, 0.717) is 5.82 Å². The first-order valence-electron chi connectivity index (χ1n) is 4.57. The third-order valence-electron chi connectivity index (χ3n) is 2.01. The van der Waals surface area contributed by atoms with Gasteiger partial charge in [0.15, 0.2) is 0 Å². The minimum absolute atomic E-state index is 0.217. The van der Waals surface area contributed by atoms with Crippen LogP contribution in [0.25, 0.3) is 11.4 Å². The first-order valence-corrected chi connectivity index (χ1v) is 4.98. The number of H-pyrrole nitrogens is 1. The van der Waals surface area contributed by atoms with Crippen LogP contribution >= 0.6 is 12.2 Å². The lowest BCUT2D eigenvalue weighted by molar-refractivity contribution is 0.415. The zero-order valence-electron chi connectivity index (χ0n) is 8.60. The average Bonchev–Trinajstić information content (AvgIpc) is 2.28. The molecule has 5 nitrogen and oxygen atoms in total. The van der Waals surface area contributed by atoms with Crippen LogP contribution in [0.15, 0.2) is 24.3 Å². The van der Waals surface area contributed by atoms with Gasteiger partial charge in [-0.05, 0) is 24.4 Å². The molecule has 0 saturated carbocycles. The SMILES string of the molecule is COc1cccc(-c2nc(=S)nc(N)[nH]2)c1. The molecule has 0 saturated heterocycles. The van der Waals surface area contributed by atoms with Crippen LogP contribution in [-0.4, -0.2) is 22.1 Å². The zero-order valence-corrected chi connectivity index (χ0v) is 9.41. The van der Waals surface area contributed by atoms with Crippen molar-refractivity contribution in [3.63, 3.8) is 0 Å². The Morgan fingerprint density at radius 1 is 1.38 bits per heavy atom. The van der Waals surface area contributed by atoms with Gasteiger partial charge in [-0.3, -0.25) is 0 Å². The highest BCUT2D eigenvalue weighted by atomic mass is 32.1. The maximum Gasteiger partial charge on any atom is 0.224 e. The number of nitrogens with zero attached hydrogens (tertiary/aromatic N) is 2. The number of rotatable bonds is 2. The first-order chi connectivity index (χ1) is 7.69. The Kier molecular flexibility index (Phi) is 2.82. The normalized spacial score (nSPS) is 10.1. The molecule has 0 aliphatic carbocycles. The monoisotopic (exact) mass is 234 g/mol. The maximum atomic E-state index is 5.56. The molecule has 0 atom stereocenters. The summed E-state index contributed by atoms with van der Waals surface area (Å²) in [6.45, 7) is 0. The van der Waals surface area contributed by atoms with E-state index in [1.807, 2.05) is 24.3 Å². The van der Waals surface area contributed by atoms with Crippen LogP contribution in [0.1, 0.15) is 0 Å². The fourth-order valence-corrected chi connectivity index (χ4v) is 1.50. The molecule has 2 aromatic rings. The predicted molar refractivity (Wildman–Crippen MR) is 63.6 cm³/mol. The minimum Gasteiger partial charge on any atom is -0.497 e. The van der Waals surface area contributed by atoms with Crippen molar-refractivity contribution in [3.05, 3.63) is 29.0 Å². The average molecular weight is 234 g/mol. The second-order valence-electron chi connectivity index (χ2n) is 3.10. The number of nitrogen functional groups attached to an aromatic ring is 1. The third-order valence-corrected chi connectivity index (χ3v) is 2.20. The number of methoxy groups -OCH3 is 1. The highest BCUT2D eigenvalue weighted by Gasteiger charge is 2.02. The van der Waals surface area contributed by atoms with Crippen molar-refractivity contribution in [1.82, 2.24) is 15.0 Å². The summed E-state index contributed by atoms with van der Waals surface area (Å²) in [5.74, 6) is 1.57. The van der Waals surface area contributed by atoms with E-state index in [1.54, 1.807) is 7.11 Å². The Morgan fingerprint density at radius 3 is 2.88 bits per heavy atom. The van der Waals surface area contributed by atoms with E-state index in [4.69, 9.17) is 22.7 Å². The molecular formula is C10H10N4OS. The van der Waals surface area contributed by atoms with E-state index in [-0.39, 0.29) is 10.7 Å². The summed E-state index contributed by atoms with van der Waals surface area (Å²) >= 11 is 4.89. The van der Waals surface area contributed by atoms with E-state index in [0.717, 1.165) is 11.3 Å². The van der Waals surface area contributed by atoms with Crippen molar-refractivity contribution in [2.24, 2.45) is 0 Å². The van der Waals surface area contributed by atoms with Crippen LogP contribution in [0.5, 0.6) is 5.75 Å². The van der Waals surface area contributed by atoms with Crippen molar-refractivity contribution in [2.75, 3.05) is 12.8 Å². The number of aromatic amines is 1. The van der Waals surface area contributed by atoms with Crippen LogP contribution in [0, 0.1) is 4.77 Å². The fourth-order valence-electron chi connectivity index (χ4n) is 1.31. The van der Waals surface area contributed by atoms with Gasteiger partial charge in [0.25, 0.3) is 0 Å². The van der Waals surface area contributed by atoms with Gasteiger partial charge in [-0.1, -0.05) is 12.1 Å². The topological polar surface area (TPSA) is 76.8 Å². The summed E-state index contributed by atoms with van der Waals surface area (Å²) in [6.07, 6.45) is 0. The maximum absolute atomic E-state index is 5.56. The number of hydrogen-bond donors (Lipinski definition) is 2. The van der Waals surface area contributed by atoms with E-state index in [2.05, 4.69) is 15.0 Å². The van der Waals surface area contributed by atoms with Crippen LogP contribution in [-0.2, 0) is 0 Å². The minimum atomic E-state index is 0.217. The van der Waals surface area contributed by atoms with Crippen molar-refractivity contribution >= 4 is 18.2 Å². The van der Waals surface area contributed by atoms with Gasteiger partial charge >= 0.3 is 0 Å². The molecule has 0 bridgehead atoms. The van der Waals surface area contributed by atoms with Gasteiger partial charge in [0.2, 0.25) is 10.7 Å². The molecule has 16 heavy (non-hydrogen) atoms. The lowest BCUT2D eigenvalue weighted by Crippen LogP contribution is -1.99. The van der Waals surface area contributed by atoms with Gasteiger partial charge in [-0.2, -0.15) is 4.98 Å². The van der Waals surface area contributed by atoms with Gasteiger partial charge in [-0.15, -0.1) is 0 Å². The van der Waals surface area contributed by atoms with Gasteiger partial charge < -0.3 is 15.5 Å². The predicted octanol–water partition coefficient (Wildman–Crippen LogP) is 1.79. The molecule has 0 radical (unpaired) electrons. The summed E-state index contributed by atoms with van der Waals surface area (Å²) in [6, 6.07) is 7.44. The molecule has 0 fully saturated rings. The van der Waals surface area contributed by atoms with Crippen molar-refractivity contribution in [3.8, 4) is 17.1 Å². The Balaban J connectivity index is 2.53. The van der Waals surface area contributed by atoms with Gasteiger partial charge in [0.05, 0.1) is 7.11 Å². The molecule has 6 heteroatoms. The smallest absolute Gasteiger partial charge is 0.224 e. The molecule has 1 aromatic carbocycles. The number of hydrogen-bond acceptors (Lipinski definition) is 5. The lowest BCUT2D eigenvalue weighted by atomic mass is 10.2. The molecule has 0 spiro atoms. The van der Waals surface area contributed by atoms with E-state index >= 15 is 0 Å². The van der Waals surface area contributed by atoms with Crippen LogP contribution < -0.4 is 10.5 Å². The van der Waals surface area contributed by atoms with Crippen molar-refractivity contribution < 1.29 is 4.74 Å². The van der Waals surface area contributed by atoms with Gasteiger partial charge in [-0.25, -0.2) is 4.98 Å². The fraction of sp³-hybridized carbons (Fsp3) is 0.100. The molecule has 1 heterocycles. The Morgan fingerprint density at radius 2 is 2.19 bits per heavy atom.